The third-order valence-electron chi connectivity index (χ3n) is 7.02. The Morgan fingerprint density at radius 2 is 1.90 bits per heavy atom. The number of fused-ring (bicyclic) bond motifs is 1. The second-order valence-corrected chi connectivity index (χ2v) is 9.96. The van der Waals surface area contributed by atoms with Crippen LogP contribution in [0.25, 0.3) is 0 Å². The van der Waals surface area contributed by atoms with Gasteiger partial charge in [-0.15, -0.1) is 0 Å². The van der Waals surface area contributed by atoms with Gasteiger partial charge in [0.1, 0.15) is 6.26 Å². The molecule has 5 rings (SSSR count). The topological polar surface area (TPSA) is 94.3 Å². The van der Waals surface area contributed by atoms with Crippen molar-refractivity contribution in [2.24, 2.45) is 5.92 Å². The summed E-state index contributed by atoms with van der Waals surface area (Å²) in [5, 5.41) is 0. The number of amides is 1. The fourth-order valence-electron chi connectivity index (χ4n) is 5.09. The number of carbonyl (C=O) groups is 2. The SMILES string of the molecule is CCOC(=O)C1CCCN(C(=O)c2coc(CN(Cc3ccc4c(c3)OCO4)Cc3ccccc3C(F)(F)F)n2)C1. The Morgan fingerprint density at radius 3 is 2.71 bits per heavy atom. The molecule has 0 bridgehead atoms. The van der Waals surface area contributed by atoms with Gasteiger partial charge >= 0.3 is 12.1 Å². The van der Waals surface area contributed by atoms with Crippen molar-refractivity contribution in [1.82, 2.24) is 14.8 Å². The number of rotatable bonds is 9. The van der Waals surface area contributed by atoms with Gasteiger partial charge in [0.15, 0.2) is 17.2 Å². The van der Waals surface area contributed by atoms with Gasteiger partial charge in [0.25, 0.3) is 5.91 Å². The van der Waals surface area contributed by atoms with Crippen molar-refractivity contribution in [3.05, 3.63) is 77.0 Å². The minimum atomic E-state index is -4.51. The third-order valence-corrected chi connectivity index (χ3v) is 7.02. The summed E-state index contributed by atoms with van der Waals surface area (Å²) in [6.07, 6.45) is -1.98. The van der Waals surface area contributed by atoms with E-state index in [9.17, 15) is 22.8 Å². The summed E-state index contributed by atoms with van der Waals surface area (Å²) in [7, 11) is 0. The molecular weight excluding hydrogens is 543 g/mol. The lowest BCUT2D eigenvalue weighted by molar-refractivity contribution is -0.149. The molecule has 1 atom stereocenters. The van der Waals surface area contributed by atoms with E-state index in [1.54, 1.807) is 34.9 Å². The Morgan fingerprint density at radius 1 is 1.10 bits per heavy atom. The van der Waals surface area contributed by atoms with Crippen molar-refractivity contribution in [2.45, 2.75) is 45.6 Å². The van der Waals surface area contributed by atoms with Gasteiger partial charge < -0.3 is 23.5 Å². The van der Waals surface area contributed by atoms with Crippen LogP contribution in [0.3, 0.4) is 0 Å². The van der Waals surface area contributed by atoms with Crippen molar-refractivity contribution < 1.29 is 41.4 Å². The second-order valence-electron chi connectivity index (χ2n) is 9.96. The molecule has 1 aromatic heterocycles. The van der Waals surface area contributed by atoms with Crippen LogP contribution in [0, 0.1) is 5.92 Å². The number of alkyl halides is 3. The lowest BCUT2D eigenvalue weighted by atomic mass is 9.98. The van der Waals surface area contributed by atoms with E-state index in [0.717, 1.165) is 11.6 Å². The summed E-state index contributed by atoms with van der Waals surface area (Å²) >= 11 is 0. The maximum atomic E-state index is 13.7. The highest BCUT2D eigenvalue weighted by Crippen LogP contribution is 2.35. The van der Waals surface area contributed by atoms with Crippen molar-refractivity contribution in [3.63, 3.8) is 0 Å². The molecule has 2 aliphatic rings. The monoisotopic (exact) mass is 573 g/mol. The van der Waals surface area contributed by atoms with Gasteiger partial charge in [-0.1, -0.05) is 24.3 Å². The molecule has 0 N–H and O–H groups in total. The minimum Gasteiger partial charge on any atom is -0.466 e. The summed E-state index contributed by atoms with van der Waals surface area (Å²) in [5.41, 5.74) is 0.241. The molecule has 2 aliphatic heterocycles. The summed E-state index contributed by atoms with van der Waals surface area (Å²) in [6.45, 7) is 3.05. The number of nitrogens with zero attached hydrogens (tertiary/aromatic N) is 3. The highest BCUT2D eigenvalue weighted by atomic mass is 19.4. The van der Waals surface area contributed by atoms with E-state index >= 15 is 0 Å². The Kier molecular flexibility index (Phi) is 8.48. The number of likely N-dealkylation sites (tertiary alicyclic amines) is 1. The molecule has 218 valence electrons. The van der Waals surface area contributed by atoms with E-state index in [2.05, 4.69) is 4.98 Å². The molecule has 0 aliphatic carbocycles. The number of oxazole rings is 1. The van der Waals surface area contributed by atoms with Crippen LogP contribution in [0.1, 0.15) is 52.8 Å². The maximum absolute atomic E-state index is 13.7. The number of carbonyl (C=O) groups excluding carboxylic acids is 2. The van der Waals surface area contributed by atoms with Crippen LogP contribution in [-0.4, -0.2) is 53.1 Å². The second kappa shape index (κ2) is 12.2. The van der Waals surface area contributed by atoms with Gasteiger partial charge in [-0.2, -0.15) is 13.2 Å². The first kappa shape index (κ1) is 28.5. The van der Waals surface area contributed by atoms with E-state index in [-0.39, 0.29) is 68.6 Å². The van der Waals surface area contributed by atoms with Gasteiger partial charge in [-0.3, -0.25) is 14.5 Å². The molecule has 1 amide bonds. The zero-order valence-corrected chi connectivity index (χ0v) is 22.5. The number of halogens is 3. The largest absolute Gasteiger partial charge is 0.466 e. The minimum absolute atomic E-state index is 0.0410. The zero-order valence-electron chi connectivity index (χ0n) is 22.5. The molecule has 3 aromatic rings. The molecule has 41 heavy (non-hydrogen) atoms. The van der Waals surface area contributed by atoms with E-state index in [0.29, 0.717) is 30.9 Å². The standard InChI is InChI=1S/C29H30F3N3O6/c1-2-38-28(37)21-7-5-11-35(15-21)27(36)23-17-39-26(33-23)16-34(13-19-9-10-24-25(12-19)41-18-40-24)14-20-6-3-4-8-22(20)29(30,31)32/h3-4,6,8-10,12,17,21H,2,5,7,11,13-16,18H2,1H3. The first-order valence-electron chi connectivity index (χ1n) is 13.4. The van der Waals surface area contributed by atoms with Crippen LogP contribution < -0.4 is 9.47 Å². The Bertz CT molecular complexity index is 1390. The van der Waals surface area contributed by atoms with Crippen LogP contribution in [-0.2, 0) is 35.3 Å². The first-order valence-corrected chi connectivity index (χ1v) is 13.4. The van der Waals surface area contributed by atoms with Crippen LogP contribution >= 0.6 is 0 Å². The number of esters is 1. The molecule has 1 saturated heterocycles. The normalized spacial score (nSPS) is 16.7. The molecule has 9 nitrogen and oxygen atoms in total. The molecule has 1 unspecified atom stereocenters. The van der Waals surface area contributed by atoms with Crippen molar-refractivity contribution >= 4 is 11.9 Å². The third kappa shape index (κ3) is 6.82. The Labute approximate surface area is 234 Å². The average molecular weight is 574 g/mol. The van der Waals surface area contributed by atoms with E-state index in [1.807, 2.05) is 6.07 Å². The predicted molar refractivity (Wildman–Crippen MR) is 139 cm³/mol. The van der Waals surface area contributed by atoms with Crippen molar-refractivity contribution in [2.75, 3.05) is 26.5 Å². The molecule has 2 aromatic carbocycles. The van der Waals surface area contributed by atoms with Gasteiger partial charge in [0, 0.05) is 26.2 Å². The lowest BCUT2D eigenvalue weighted by Crippen LogP contribution is -2.43. The fourth-order valence-corrected chi connectivity index (χ4v) is 5.09. The Balaban J connectivity index is 1.34. The van der Waals surface area contributed by atoms with E-state index in [1.165, 1.54) is 18.4 Å². The van der Waals surface area contributed by atoms with Crippen LogP contribution in [0.5, 0.6) is 11.5 Å². The highest BCUT2D eigenvalue weighted by molar-refractivity contribution is 5.92. The first-order chi connectivity index (χ1) is 19.7. The predicted octanol–water partition coefficient (Wildman–Crippen LogP) is 5.04. The van der Waals surface area contributed by atoms with Gasteiger partial charge in [-0.25, -0.2) is 4.98 Å². The molecule has 0 radical (unpaired) electrons. The summed E-state index contributed by atoms with van der Waals surface area (Å²) in [5.74, 6) is 0.233. The number of aromatic nitrogens is 1. The Hall–Kier alpha value is -4.06. The smallest absolute Gasteiger partial charge is 0.416 e. The van der Waals surface area contributed by atoms with Crippen LogP contribution in [0.2, 0.25) is 0 Å². The fraction of sp³-hybridized carbons (Fsp3) is 0.414. The molecule has 0 saturated carbocycles. The van der Waals surface area contributed by atoms with Gasteiger partial charge in [0.2, 0.25) is 12.7 Å². The lowest BCUT2D eigenvalue weighted by Gasteiger charge is -2.30. The molecule has 12 heteroatoms. The zero-order chi connectivity index (χ0) is 29.0. The summed E-state index contributed by atoms with van der Waals surface area (Å²) in [6, 6.07) is 10.8. The summed E-state index contributed by atoms with van der Waals surface area (Å²) < 4.78 is 62.8. The summed E-state index contributed by atoms with van der Waals surface area (Å²) in [4.78, 5) is 33.0. The van der Waals surface area contributed by atoms with Crippen molar-refractivity contribution in [3.8, 4) is 11.5 Å². The average Bonchev–Trinajstić information content (AvgIpc) is 3.62. The van der Waals surface area contributed by atoms with E-state index < -0.39 is 17.7 Å². The number of benzene rings is 2. The van der Waals surface area contributed by atoms with Crippen LogP contribution in [0.15, 0.2) is 53.1 Å². The van der Waals surface area contributed by atoms with E-state index in [4.69, 9.17) is 18.6 Å². The molecule has 1 fully saturated rings. The number of hydrogen-bond donors (Lipinski definition) is 0. The molecule has 3 heterocycles. The quantitative estimate of drug-likeness (QED) is 0.329. The van der Waals surface area contributed by atoms with Crippen molar-refractivity contribution in [1.29, 1.82) is 0 Å². The van der Waals surface area contributed by atoms with Gasteiger partial charge in [0.05, 0.1) is 24.6 Å². The number of piperidine rings is 1. The van der Waals surface area contributed by atoms with Crippen LogP contribution in [0.4, 0.5) is 13.2 Å². The maximum Gasteiger partial charge on any atom is 0.416 e. The molecule has 0 spiro atoms. The highest BCUT2D eigenvalue weighted by Gasteiger charge is 2.34. The number of hydrogen-bond acceptors (Lipinski definition) is 8. The molecular formula is C29H30F3N3O6. The van der Waals surface area contributed by atoms with Gasteiger partial charge in [-0.05, 0) is 49.1 Å². The number of ether oxygens (including phenoxy) is 3.